The first-order valence-electron chi connectivity index (χ1n) is 6.97. The Hall–Kier alpha value is -1.41. The molecule has 1 aromatic rings. The van der Waals surface area contributed by atoms with Crippen LogP contribution in [0.2, 0.25) is 5.02 Å². The highest BCUT2D eigenvalue weighted by atomic mass is 35.5. The molecular weight excluding hydrogens is 272 g/mol. The third-order valence-corrected chi connectivity index (χ3v) is 3.66. The molecule has 0 saturated heterocycles. The smallest absolute Gasteiger partial charge is 0.229 e. The van der Waals surface area contributed by atoms with Crippen molar-refractivity contribution in [3.8, 4) is 0 Å². The summed E-state index contributed by atoms with van der Waals surface area (Å²) in [6.45, 7) is 7.55. The molecule has 1 unspecified atom stereocenters. The molecule has 0 aliphatic rings. The summed E-state index contributed by atoms with van der Waals surface area (Å²) in [5, 5.41) is 0.566. The van der Waals surface area contributed by atoms with Crippen LogP contribution in [0.15, 0.2) is 24.3 Å². The molecule has 1 rings (SSSR count). The molecule has 0 amide bonds. The normalized spacial score (nSPS) is 13.2. The number of ketones is 2. The lowest BCUT2D eigenvalue weighted by molar-refractivity contribution is -0.135. The maximum Gasteiger partial charge on any atom is 0.229 e. The van der Waals surface area contributed by atoms with Crippen molar-refractivity contribution in [1.82, 2.24) is 0 Å². The number of hydrogen-bond donors (Lipinski definition) is 0. The van der Waals surface area contributed by atoms with Crippen LogP contribution in [0.5, 0.6) is 0 Å². The molecule has 0 saturated carbocycles. The van der Waals surface area contributed by atoms with Crippen LogP contribution in [0, 0.1) is 12.8 Å². The van der Waals surface area contributed by atoms with Crippen molar-refractivity contribution < 1.29 is 9.59 Å². The Morgan fingerprint density at radius 3 is 2.50 bits per heavy atom. The van der Waals surface area contributed by atoms with Crippen LogP contribution in [0.3, 0.4) is 0 Å². The van der Waals surface area contributed by atoms with Crippen LogP contribution in [0.25, 0.3) is 5.57 Å². The molecule has 1 atom stereocenters. The second kappa shape index (κ2) is 7.39. The fourth-order valence-corrected chi connectivity index (χ4v) is 2.13. The van der Waals surface area contributed by atoms with E-state index in [1.165, 1.54) is 0 Å². The summed E-state index contributed by atoms with van der Waals surface area (Å²) in [7, 11) is 0. The highest BCUT2D eigenvalue weighted by molar-refractivity contribution is 6.54. The van der Waals surface area contributed by atoms with E-state index in [1.54, 1.807) is 25.1 Å². The summed E-state index contributed by atoms with van der Waals surface area (Å²) < 4.78 is 0. The van der Waals surface area contributed by atoms with Crippen LogP contribution < -0.4 is 0 Å². The highest BCUT2D eigenvalue weighted by Crippen LogP contribution is 2.25. The molecule has 20 heavy (non-hydrogen) atoms. The third-order valence-electron chi connectivity index (χ3n) is 3.43. The van der Waals surface area contributed by atoms with Gasteiger partial charge in [-0.2, -0.15) is 0 Å². The predicted octanol–water partition coefficient (Wildman–Crippen LogP) is 4.63. The largest absolute Gasteiger partial charge is 0.290 e. The van der Waals surface area contributed by atoms with Crippen LogP contribution in [0.1, 0.15) is 44.7 Å². The molecule has 1 aromatic carbocycles. The fourth-order valence-electron chi connectivity index (χ4n) is 1.96. The van der Waals surface area contributed by atoms with Gasteiger partial charge in [0.2, 0.25) is 11.6 Å². The minimum atomic E-state index is -0.411. The molecule has 0 aromatic heterocycles. The lowest BCUT2D eigenvalue weighted by Gasteiger charge is -2.12. The van der Waals surface area contributed by atoms with E-state index in [1.807, 2.05) is 26.8 Å². The average Bonchev–Trinajstić information content (AvgIpc) is 2.45. The minimum Gasteiger partial charge on any atom is -0.290 e. The first-order valence-corrected chi connectivity index (χ1v) is 7.35. The second-order valence-electron chi connectivity index (χ2n) is 4.99. The molecule has 0 bridgehead atoms. The lowest BCUT2D eigenvalue weighted by Crippen LogP contribution is -2.22. The summed E-state index contributed by atoms with van der Waals surface area (Å²) >= 11 is 6.01. The number of hydrogen-bond acceptors (Lipinski definition) is 2. The number of halogens is 1. The number of carbonyl (C=O) groups is 2. The number of benzene rings is 1. The van der Waals surface area contributed by atoms with Crippen molar-refractivity contribution in [2.24, 2.45) is 5.92 Å². The van der Waals surface area contributed by atoms with Gasteiger partial charge in [0, 0.05) is 16.5 Å². The Bertz CT molecular complexity index is 544. The molecule has 2 nitrogen and oxygen atoms in total. The van der Waals surface area contributed by atoms with Gasteiger partial charge in [0.15, 0.2) is 0 Å². The zero-order valence-electron chi connectivity index (χ0n) is 12.5. The Kier molecular flexibility index (Phi) is 6.15. The van der Waals surface area contributed by atoms with Gasteiger partial charge in [0.05, 0.1) is 0 Å². The summed E-state index contributed by atoms with van der Waals surface area (Å²) in [6, 6.07) is 5.40. The van der Waals surface area contributed by atoms with E-state index >= 15 is 0 Å². The van der Waals surface area contributed by atoms with Gasteiger partial charge in [0.1, 0.15) is 0 Å². The summed E-state index contributed by atoms with van der Waals surface area (Å²) in [5.74, 6) is -0.986. The maximum atomic E-state index is 12.4. The van der Waals surface area contributed by atoms with Gasteiger partial charge in [-0.05, 0) is 43.0 Å². The Labute approximate surface area is 125 Å². The van der Waals surface area contributed by atoms with Crippen LogP contribution in [0.4, 0.5) is 0 Å². The summed E-state index contributed by atoms with van der Waals surface area (Å²) in [4.78, 5) is 24.6. The lowest BCUT2D eigenvalue weighted by atomic mass is 9.90. The van der Waals surface area contributed by atoms with E-state index < -0.39 is 5.78 Å². The highest BCUT2D eigenvalue weighted by Gasteiger charge is 2.24. The molecule has 0 aliphatic carbocycles. The number of rotatable bonds is 6. The molecule has 0 aliphatic heterocycles. The predicted molar refractivity (Wildman–Crippen MR) is 83.9 cm³/mol. The first-order chi connectivity index (χ1) is 9.42. The van der Waals surface area contributed by atoms with E-state index in [4.69, 9.17) is 11.6 Å². The van der Waals surface area contributed by atoms with Crippen molar-refractivity contribution >= 4 is 28.7 Å². The molecule has 0 spiro atoms. The molecule has 0 N–H and O–H groups in total. The zero-order chi connectivity index (χ0) is 15.3. The molecule has 3 heteroatoms. The van der Waals surface area contributed by atoms with E-state index in [2.05, 4.69) is 0 Å². The van der Waals surface area contributed by atoms with Gasteiger partial charge in [-0.15, -0.1) is 0 Å². The van der Waals surface area contributed by atoms with Crippen molar-refractivity contribution in [3.05, 3.63) is 40.4 Å². The average molecular weight is 293 g/mol. The van der Waals surface area contributed by atoms with Gasteiger partial charge in [-0.3, -0.25) is 9.59 Å². The monoisotopic (exact) mass is 292 g/mol. The SMILES string of the molecule is CC/C=C(/C(=O)C(=O)C(C)CC)c1cc(Cl)ccc1C. The van der Waals surface area contributed by atoms with E-state index in [-0.39, 0.29) is 11.7 Å². The fraction of sp³-hybridized carbons (Fsp3) is 0.412. The van der Waals surface area contributed by atoms with Gasteiger partial charge < -0.3 is 0 Å². The van der Waals surface area contributed by atoms with Gasteiger partial charge >= 0.3 is 0 Å². The van der Waals surface area contributed by atoms with Crippen LogP contribution in [-0.2, 0) is 9.59 Å². The van der Waals surface area contributed by atoms with Crippen molar-refractivity contribution in [2.45, 2.75) is 40.5 Å². The Balaban J connectivity index is 3.26. The van der Waals surface area contributed by atoms with Gasteiger partial charge in [-0.25, -0.2) is 0 Å². The standard InChI is InChI=1S/C17H21ClO2/c1-5-7-14(17(20)16(19)11(3)6-2)15-10-13(18)9-8-12(15)4/h7-11H,5-6H2,1-4H3/b14-7+. The number of aryl methyl sites for hydroxylation is 1. The van der Waals surface area contributed by atoms with Crippen molar-refractivity contribution in [3.63, 3.8) is 0 Å². The van der Waals surface area contributed by atoms with Crippen molar-refractivity contribution in [2.75, 3.05) is 0 Å². The maximum absolute atomic E-state index is 12.4. The number of carbonyl (C=O) groups excluding carboxylic acids is 2. The van der Waals surface area contributed by atoms with E-state index in [0.29, 0.717) is 23.4 Å². The minimum absolute atomic E-state index is 0.248. The molecule has 0 heterocycles. The quantitative estimate of drug-likeness (QED) is 0.566. The zero-order valence-corrected chi connectivity index (χ0v) is 13.3. The molecular formula is C17H21ClO2. The Morgan fingerprint density at radius 1 is 1.30 bits per heavy atom. The molecule has 0 fully saturated rings. The number of Topliss-reactive ketones (excluding diaryl/α,β-unsaturated/α-hetero) is 2. The molecule has 108 valence electrons. The third kappa shape index (κ3) is 3.80. The van der Waals surface area contributed by atoms with Crippen molar-refractivity contribution in [1.29, 1.82) is 0 Å². The first kappa shape index (κ1) is 16.6. The van der Waals surface area contributed by atoms with Gasteiger partial charge in [-0.1, -0.05) is 44.5 Å². The molecule has 0 radical (unpaired) electrons. The Morgan fingerprint density at radius 2 is 1.95 bits per heavy atom. The van der Waals surface area contributed by atoms with Crippen LogP contribution in [-0.4, -0.2) is 11.6 Å². The van der Waals surface area contributed by atoms with E-state index in [0.717, 1.165) is 11.1 Å². The summed E-state index contributed by atoms with van der Waals surface area (Å²) in [5.41, 5.74) is 2.17. The summed E-state index contributed by atoms with van der Waals surface area (Å²) in [6.07, 6.45) is 3.17. The number of allylic oxidation sites excluding steroid dienone is 2. The second-order valence-corrected chi connectivity index (χ2v) is 5.42. The van der Waals surface area contributed by atoms with E-state index in [9.17, 15) is 9.59 Å². The van der Waals surface area contributed by atoms with Crippen LogP contribution >= 0.6 is 11.6 Å². The topological polar surface area (TPSA) is 34.1 Å². The van der Waals surface area contributed by atoms with Gasteiger partial charge in [0.25, 0.3) is 0 Å².